The number of carbonyl (C=O) groups is 1. The number of benzene rings is 1. The third-order valence-corrected chi connectivity index (χ3v) is 3.31. The number of rotatable bonds is 6. The van der Waals surface area contributed by atoms with Crippen LogP contribution in [-0.2, 0) is 5.75 Å². The van der Waals surface area contributed by atoms with Gasteiger partial charge in [-0.25, -0.2) is 9.18 Å². The summed E-state index contributed by atoms with van der Waals surface area (Å²) in [6.07, 6.45) is 0.866. The van der Waals surface area contributed by atoms with Crippen LogP contribution in [0.1, 0.15) is 29.3 Å². The lowest BCUT2D eigenvalue weighted by atomic mass is 10.1. The highest BCUT2D eigenvalue weighted by molar-refractivity contribution is 7.98. The fraction of sp³-hybridized carbons (Fsp3) is 0.417. The Labute approximate surface area is 104 Å². The van der Waals surface area contributed by atoms with Crippen LogP contribution in [0.15, 0.2) is 18.2 Å². The zero-order chi connectivity index (χ0) is 12.8. The summed E-state index contributed by atoms with van der Waals surface area (Å²) in [5.74, 6) is -0.0798. The predicted molar refractivity (Wildman–Crippen MR) is 67.8 cm³/mol. The van der Waals surface area contributed by atoms with Crippen LogP contribution in [0, 0.1) is 5.82 Å². The molecule has 0 aromatic heterocycles. The largest absolute Gasteiger partial charge is 0.478 e. The third kappa shape index (κ3) is 4.75. The summed E-state index contributed by atoms with van der Waals surface area (Å²) in [6.45, 7) is 1.92. The molecule has 0 radical (unpaired) electrons. The minimum Gasteiger partial charge on any atom is -0.478 e. The zero-order valence-corrected chi connectivity index (χ0v) is 10.5. The Morgan fingerprint density at radius 1 is 1.59 bits per heavy atom. The molecule has 1 atom stereocenters. The highest BCUT2D eigenvalue weighted by Crippen LogP contribution is 2.18. The molecular weight excluding hydrogens is 241 g/mol. The molecule has 0 bridgehead atoms. The van der Waals surface area contributed by atoms with E-state index in [4.69, 9.17) is 10.8 Å². The van der Waals surface area contributed by atoms with Gasteiger partial charge in [-0.15, -0.1) is 0 Å². The first-order valence-electron chi connectivity index (χ1n) is 5.35. The Balaban J connectivity index is 2.57. The Bertz CT molecular complexity index is 396. The van der Waals surface area contributed by atoms with Gasteiger partial charge < -0.3 is 10.8 Å². The van der Waals surface area contributed by atoms with Gasteiger partial charge in [-0.05, 0) is 42.9 Å². The van der Waals surface area contributed by atoms with Crippen molar-refractivity contribution in [2.45, 2.75) is 25.1 Å². The SMILES string of the molecule is CC(N)CCSCc1cc(C(=O)O)ccc1F. The molecule has 3 N–H and O–H groups in total. The lowest BCUT2D eigenvalue weighted by Crippen LogP contribution is -2.15. The van der Waals surface area contributed by atoms with Crippen LogP contribution in [0.2, 0.25) is 0 Å². The van der Waals surface area contributed by atoms with E-state index >= 15 is 0 Å². The number of halogens is 1. The molecule has 0 aliphatic heterocycles. The molecule has 3 nitrogen and oxygen atoms in total. The van der Waals surface area contributed by atoms with Crippen LogP contribution < -0.4 is 5.73 Å². The fourth-order valence-corrected chi connectivity index (χ4v) is 2.39. The van der Waals surface area contributed by atoms with E-state index in [0.29, 0.717) is 11.3 Å². The number of nitrogens with two attached hydrogens (primary N) is 1. The van der Waals surface area contributed by atoms with Gasteiger partial charge in [-0.3, -0.25) is 0 Å². The van der Waals surface area contributed by atoms with Crippen LogP contribution >= 0.6 is 11.8 Å². The molecule has 1 aromatic rings. The standard InChI is InChI=1S/C12H16FNO2S/c1-8(14)4-5-17-7-10-6-9(12(15)16)2-3-11(10)13/h2-3,6,8H,4-5,7,14H2,1H3,(H,15,16). The first-order chi connectivity index (χ1) is 8.00. The molecule has 0 aliphatic carbocycles. The Morgan fingerprint density at radius 3 is 2.88 bits per heavy atom. The zero-order valence-electron chi connectivity index (χ0n) is 9.65. The molecule has 0 spiro atoms. The molecule has 94 valence electrons. The van der Waals surface area contributed by atoms with Crippen molar-refractivity contribution in [1.29, 1.82) is 0 Å². The van der Waals surface area contributed by atoms with Gasteiger partial charge in [0.2, 0.25) is 0 Å². The van der Waals surface area contributed by atoms with Crippen LogP contribution in [-0.4, -0.2) is 22.9 Å². The monoisotopic (exact) mass is 257 g/mol. The van der Waals surface area contributed by atoms with Crippen molar-refractivity contribution in [2.75, 3.05) is 5.75 Å². The summed E-state index contributed by atoms with van der Waals surface area (Å²) < 4.78 is 13.4. The average Bonchev–Trinajstić information content (AvgIpc) is 2.25. The van der Waals surface area contributed by atoms with Crippen molar-refractivity contribution in [3.8, 4) is 0 Å². The molecule has 1 rings (SSSR count). The van der Waals surface area contributed by atoms with Gasteiger partial charge in [0, 0.05) is 11.8 Å². The highest BCUT2D eigenvalue weighted by Gasteiger charge is 2.08. The molecule has 1 unspecified atom stereocenters. The predicted octanol–water partition coefficient (Wildman–Crippen LogP) is 2.49. The van der Waals surface area contributed by atoms with Gasteiger partial charge in [0.15, 0.2) is 0 Å². The van der Waals surface area contributed by atoms with Crippen molar-refractivity contribution in [2.24, 2.45) is 5.73 Å². The molecule has 0 amide bonds. The van der Waals surface area contributed by atoms with Crippen molar-refractivity contribution in [3.63, 3.8) is 0 Å². The molecule has 0 fully saturated rings. The summed E-state index contributed by atoms with van der Waals surface area (Å²) in [5, 5.41) is 8.80. The topological polar surface area (TPSA) is 63.3 Å². The molecule has 1 aromatic carbocycles. The van der Waals surface area contributed by atoms with Gasteiger partial charge in [0.25, 0.3) is 0 Å². The summed E-state index contributed by atoms with van der Waals surface area (Å²) in [6, 6.07) is 3.99. The first kappa shape index (κ1) is 14.0. The van der Waals surface area contributed by atoms with E-state index in [1.807, 2.05) is 6.92 Å². The normalized spacial score (nSPS) is 12.4. The number of carboxylic acid groups (broad SMARTS) is 1. The maximum absolute atomic E-state index is 13.4. The first-order valence-corrected chi connectivity index (χ1v) is 6.51. The van der Waals surface area contributed by atoms with Crippen molar-refractivity contribution in [3.05, 3.63) is 35.1 Å². The second-order valence-electron chi connectivity index (χ2n) is 3.93. The minimum atomic E-state index is -1.04. The summed E-state index contributed by atoms with van der Waals surface area (Å²) in [5.41, 5.74) is 6.15. The number of aromatic carboxylic acids is 1. The molecule has 0 aliphatic rings. The van der Waals surface area contributed by atoms with Crippen LogP contribution in [0.4, 0.5) is 4.39 Å². The van der Waals surface area contributed by atoms with E-state index in [9.17, 15) is 9.18 Å². The molecule has 5 heteroatoms. The van der Waals surface area contributed by atoms with Gasteiger partial charge in [0.05, 0.1) is 5.56 Å². The molecule has 0 saturated carbocycles. The van der Waals surface area contributed by atoms with E-state index < -0.39 is 5.97 Å². The number of carboxylic acids is 1. The quantitative estimate of drug-likeness (QED) is 0.769. The van der Waals surface area contributed by atoms with E-state index in [1.54, 1.807) is 11.8 Å². The van der Waals surface area contributed by atoms with Gasteiger partial charge in [0.1, 0.15) is 5.82 Å². The summed E-state index contributed by atoms with van der Waals surface area (Å²) in [4.78, 5) is 10.7. The third-order valence-electron chi connectivity index (χ3n) is 2.27. The number of hydrogen-bond donors (Lipinski definition) is 2. The van der Waals surface area contributed by atoms with E-state index in [2.05, 4.69) is 0 Å². The van der Waals surface area contributed by atoms with Crippen molar-refractivity contribution >= 4 is 17.7 Å². The Morgan fingerprint density at radius 2 is 2.29 bits per heavy atom. The Kier molecular flexibility index (Phi) is 5.44. The lowest BCUT2D eigenvalue weighted by Gasteiger charge is -2.06. The number of thioether (sulfide) groups is 1. The molecule has 17 heavy (non-hydrogen) atoms. The van der Waals surface area contributed by atoms with Gasteiger partial charge in [-0.1, -0.05) is 0 Å². The smallest absolute Gasteiger partial charge is 0.335 e. The van der Waals surface area contributed by atoms with Gasteiger partial charge >= 0.3 is 5.97 Å². The Hall–Kier alpha value is -1.07. The van der Waals surface area contributed by atoms with Crippen LogP contribution in [0.25, 0.3) is 0 Å². The minimum absolute atomic E-state index is 0.120. The second kappa shape index (κ2) is 6.61. The van der Waals surface area contributed by atoms with E-state index in [-0.39, 0.29) is 17.4 Å². The second-order valence-corrected chi connectivity index (χ2v) is 5.04. The number of hydrogen-bond acceptors (Lipinski definition) is 3. The maximum Gasteiger partial charge on any atom is 0.335 e. The van der Waals surface area contributed by atoms with Crippen LogP contribution in [0.3, 0.4) is 0 Å². The lowest BCUT2D eigenvalue weighted by molar-refractivity contribution is 0.0696. The average molecular weight is 257 g/mol. The van der Waals surface area contributed by atoms with Crippen molar-refractivity contribution in [1.82, 2.24) is 0 Å². The molecule has 0 saturated heterocycles. The fourth-order valence-electron chi connectivity index (χ4n) is 1.27. The van der Waals surface area contributed by atoms with Crippen LogP contribution in [0.5, 0.6) is 0 Å². The molecule has 0 heterocycles. The molecular formula is C12H16FNO2S. The van der Waals surface area contributed by atoms with E-state index in [0.717, 1.165) is 12.2 Å². The highest BCUT2D eigenvalue weighted by atomic mass is 32.2. The summed E-state index contributed by atoms with van der Waals surface area (Å²) in [7, 11) is 0. The van der Waals surface area contributed by atoms with E-state index in [1.165, 1.54) is 18.2 Å². The summed E-state index contributed by atoms with van der Waals surface area (Å²) >= 11 is 1.56. The maximum atomic E-state index is 13.4. The van der Waals surface area contributed by atoms with Crippen molar-refractivity contribution < 1.29 is 14.3 Å². The van der Waals surface area contributed by atoms with Gasteiger partial charge in [-0.2, -0.15) is 11.8 Å².